The molecule has 0 radical (unpaired) electrons. The molecule has 0 aromatic rings. The van der Waals surface area contributed by atoms with Gasteiger partial charge in [0.25, 0.3) is 0 Å². The molecule has 1 heterocycles. The van der Waals surface area contributed by atoms with E-state index in [1.807, 2.05) is 0 Å². The predicted octanol–water partition coefficient (Wildman–Crippen LogP) is 0.173. The van der Waals surface area contributed by atoms with Gasteiger partial charge in [-0.15, -0.1) is 0 Å². The summed E-state index contributed by atoms with van der Waals surface area (Å²) in [5.41, 5.74) is 0. The zero-order valence-electron chi connectivity index (χ0n) is 2.51. The first-order chi connectivity index (χ1) is 1.50. The van der Waals surface area contributed by atoms with Gasteiger partial charge >= 0.3 is 0 Å². The normalized spacial score (nSPS) is 14.4. The zero-order chi connectivity index (χ0) is 2.12. The van der Waals surface area contributed by atoms with Crippen LogP contribution in [0.1, 0.15) is 0 Å². The molecule has 1 fully saturated rings. The molecule has 0 aliphatic carbocycles. The molecule has 1 aliphatic heterocycles. The molecule has 0 unspecified atom stereocenters. The minimum absolute atomic E-state index is 0. The zero-order valence-corrected chi connectivity index (χ0v) is 8.38. The van der Waals surface area contributed by atoms with Crippen LogP contribution in [0.4, 0.5) is 0 Å². The van der Waals surface area contributed by atoms with Crippen LogP contribution in [0.5, 0.6) is 0 Å². The van der Waals surface area contributed by atoms with Crippen molar-refractivity contribution in [2.45, 2.75) is 0 Å². The largest absolute Gasteiger partial charge is 0.574 e. The molecule has 3 heteroatoms. The molecule has 5 heavy (non-hydrogen) atoms. The maximum atomic E-state index is 4.38. The second kappa shape index (κ2) is 5.34. The summed E-state index contributed by atoms with van der Waals surface area (Å²) in [6.07, 6.45) is 0. The van der Waals surface area contributed by atoms with E-state index in [0.717, 1.165) is 6.61 Å². The van der Waals surface area contributed by atoms with Crippen molar-refractivity contribution in [2.75, 3.05) is 6.61 Å². The minimum Gasteiger partial charge on any atom is -0.574 e. The second-order valence-corrected chi connectivity index (χ2v) is 0.500. The molecule has 0 spiro atoms. The van der Waals surface area contributed by atoms with Crippen molar-refractivity contribution in [1.82, 2.24) is 0 Å². The van der Waals surface area contributed by atoms with Gasteiger partial charge in [0.1, 0.15) is 0 Å². The Morgan fingerprint density at radius 1 is 1.40 bits per heavy atom. The van der Waals surface area contributed by atoms with Gasteiger partial charge in [0, 0.05) is 42.1 Å². The van der Waals surface area contributed by atoms with E-state index >= 15 is 0 Å². The van der Waals surface area contributed by atoms with Crippen LogP contribution in [0, 0.1) is 6.61 Å². The summed E-state index contributed by atoms with van der Waals surface area (Å²) in [6, 6.07) is 0. The predicted molar refractivity (Wildman–Crippen MR) is 10.3 cm³/mol. The Morgan fingerprint density at radius 2 is 1.60 bits per heavy atom. The van der Waals surface area contributed by atoms with Crippen LogP contribution in [0.2, 0.25) is 0 Å². The number of hydrogen-bond donors (Lipinski definition) is 0. The van der Waals surface area contributed by atoms with E-state index in [-0.39, 0.29) is 42.1 Å². The summed E-state index contributed by atoms with van der Waals surface area (Å²) in [5, 5.41) is 0. The molecule has 0 bridgehead atoms. The molecule has 0 amide bonds. The van der Waals surface area contributed by atoms with Crippen molar-refractivity contribution < 1.29 is 46.9 Å². The van der Waals surface area contributed by atoms with Crippen LogP contribution >= 0.6 is 0 Å². The average molecular weight is 411 g/mol. The summed E-state index contributed by atoms with van der Waals surface area (Å²) in [6.45, 7) is 2.62. The standard InChI is InChI=1S/C2H3O.2W/c1-2-3-1;;/h1H,2H2;;/q-1;;. The summed E-state index contributed by atoms with van der Waals surface area (Å²) >= 11 is 0. The summed E-state index contributed by atoms with van der Waals surface area (Å²) < 4.78 is 4.38. The topological polar surface area (TPSA) is 12.5 Å². The quantitative estimate of drug-likeness (QED) is 0.410. The van der Waals surface area contributed by atoms with E-state index in [9.17, 15) is 0 Å². The summed E-state index contributed by atoms with van der Waals surface area (Å²) in [5.74, 6) is 0. The molecule has 30 valence electrons. The van der Waals surface area contributed by atoms with E-state index in [2.05, 4.69) is 4.74 Å². The Kier molecular flexibility index (Phi) is 10.2. The monoisotopic (exact) mass is 411 g/mol. The van der Waals surface area contributed by atoms with Gasteiger partial charge in [-0.1, -0.05) is 6.61 Å². The van der Waals surface area contributed by atoms with Crippen LogP contribution < -0.4 is 0 Å². The van der Waals surface area contributed by atoms with E-state index in [1.165, 1.54) is 0 Å². The van der Waals surface area contributed by atoms with Gasteiger partial charge in [-0.25, -0.2) is 0 Å². The molecule has 0 saturated carbocycles. The molecular weight excluding hydrogens is 408 g/mol. The van der Waals surface area contributed by atoms with Gasteiger partial charge in [-0.3, -0.25) is 0 Å². The third kappa shape index (κ3) is 10.9. The molecule has 0 atom stereocenters. The Bertz CT molecular complexity index is 12.4. The molecule has 0 aromatic heterocycles. The molecule has 1 nitrogen and oxygen atoms in total. The first kappa shape index (κ1) is 9.60. The minimum atomic E-state index is 0. The van der Waals surface area contributed by atoms with Crippen molar-refractivity contribution in [3.05, 3.63) is 6.61 Å². The SMILES string of the molecule is [CH-]1CO1.[W].[W]. The van der Waals surface area contributed by atoms with Gasteiger partial charge in [0.05, 0.1) is 0 Å². The summed E-state index contributed by atoms with van der Waals surface area (Å²) in [7, 11) is 0. The van der Waals surface area contributed by atoms with E-state index in [1.54, 1.807) is 6.61 Å². The van der Waals surface area contributed by atoms with Crippen LogP contribution in [-0.4, -0.2) is 6.61 Å². The fourth-order valence-corrected chi connectivity index (χ4v) is 0. The molecule has 0 N–H and O–H groups in total. The van der Waals surface area contributed by atoms with Crippen molar-refractivity contribution in [3.63, 3.8) is 0 Å². The molecular formula is C2H3OW2-. The Labute approximate surface area is 60.0 Å². The fraction of sp³-hybridized carbons (Fsp3) is 0.500. The maximum absolute atomic E-state index is 4.38. The Hall–Kier alpha value is 1.34. The van der Waals surface area contributed by atoms with E-state index in [0.29, 0.717) is 0 Å². The average Bonchev–Trinajstić information content (AvgIpc) is 1.46. The Morgan fingerprint density at radius 3 is 1.60 bits per heavy atom. The van der Waals surface area contributed by atoms with Crippen LogP contribution in [0.15, 0.2) is 0 Å². The molecule has 1 aliphatic rings. The van der Waals surface area contributed by atoms with Gasteiger partial charge in [0.2, 0.25) is 0 Å². The van der Waals surface area contributed by atoms with Crippen LogP contribution in [0.25, 0.3) is 0 Å². The third-order valence-corrected chi connectivity index (χ3v) is 0.167. The third-order valence-electron chi connectivity index (χ3n) is 0.167. The molecule has 1 rings (SSSR count). The van der Waals surface area contributed by atoms with Gasteiger partial charge in [-0.2, -0.15) is 6.61 Å². The Balaban J connectivity index is 0. The first-order valence-corrected chi connectivity index (χ1v) is 0.933. The molecule has 0 aromatic carbocycles. The van der Waals surface area contributed by atoms with Gasteiger partial charge in [-0.05, 0) is 0 Å². The van der Waals surface area contributed by atoms with E-state index in [4.69, 9.17) is 0 Å². The first-order valence-electron chi connectivity index (χ1n) is 0.933. The van der Waals surface area contributed by atoms with E-state index < -0.39 is 0 Å². The maximum Gasteiger partial charge on any atom is 0 e. The second-order valence-electron chi connectivity index (χ2n) is 0.500. The number of rotatable bonds is 0. The number of ether oxygens (including phenoxy) is 1. The van der Waals surface area contributed by atoms with Crippen molar-refractivity contribution in [1.29, 1.82) is 0 Å². The van der Waals surface area contributed by atoms with Crippen molar-refractivity contribution >= 4 is 0 Å². The van der Waals surface area contributed by atoms with Crippen LogP contribution in [0.3, 0.4) is 0 Å². The molecule has 1 saturated heterocycles. The smallest absolute Gasteiger partial charge is 0 e. The van der Waals surface area contributed by atoms with Crippen LogP contribution in [-0.2, 0) is 46.9 Å². The fourth-order valence-electron chi connectivity index (χ4n) is 0. The van der Waals surface area contributed by atoms with Crippen molar-refractivity contribution in [2.24, 2.45) is 0 Å². The number of hydrogen-bond acceptors (Lipinski definition) is 1. The summed E-state index contributed by atoms with van der Waals surface area (Å²) in [4.78, 5) is 0. The van der Waals surface area contributed by atoms with Gasteiger partial charge in [0.15, 0.2) is 0 Å². The number of epoxide rings is 1. The van der Waals surface area contributed by atoms with Crippen molar-refractivity contribution in [3.8, 4) is 0 Å². The van der Waals surface area contributed by atoms with Gasteiger partial charge < -0.3 is 4.74 Å².